The average molecular weight is 334 g/mol. The molecule has 3 rings (SSSR count). The van der Waals surface area contributed by atoms with Gasteiger partial charge in [-0.3, -0.25) is 0 Å². The van der Waals surface area contributed by atoms with E-state index in [1.165, 1.54) is 10.9 Å². The molecule has 4 N–H and O–H groups in total. The second-order valence-corrected chi connectivity index (χ2v) is 6.32. The maximum absolute atomic E-state index is 7.45. The van der Waals surface area contributed by atoms with Crippen LogP contribution < -0.4 is 11.1 Å². The van der Waals surface area contributed by atoms with Crippen LogP contribution in [0.1, 0.15) is 19.4 Å². The first-order valence-electron chi connectivity index (χ1n) is 8.14. The molecule has 0 unspecified atom stereocenters. The molecular weight excluding hydrogens is 312 g/mol. The SMILES string of the molecule is CC(C)N/C=C(\N=N)c1cc(-c2ccc3c(ccn3C)c2)cnc1N. The Morgan fingerprint density at radius 3 is 2.80 bits per heavy atom. The molecule has 6 heteroatoms. The van der Waals surface area contributed by atoms with Gasteiger partial charge in [0.1, 0.15) is 11.5 Å². The predicted octanol–water partition coefficient (Wildman–Crippen LogP) is 4.15. The van der Waals surface area contributed by atoms with Gasteiger partial charge in [0.2, 0.25) is 0 Å². The van der Waals surface area contributed by atoms with E-state index in [2.05, 4.69) is 44.2 Å². The summed E-state index contributed by atoms with van der Waals surface area (Å²) in [6.07, 6.45) is 5.49. The zero-order valence-corrected chi connectivity index (χ0v) is 14.6. The van der Waals surface area contributed by atoms with Gasteiger partial charge in [0.05, 0.1) is 0 Å². The van der Waals surface area contributed by atoms with Crippen LogP contribution in [0.4, 0.5) is 5.82 Å². The number of nitrogen functional groups attached to an aromatic ring is 1. The number of benzene rings is 1. The number of aromatic nitrogens is 2. The first kappa shape index (κ1) is 16.7. The Morgan fingerprint density at radius 2 is 2.08 bits per heavy atom. The van der Waals surface area contributed by atoms with Crippen molar-refractivity contribution < 1.29 is 0 Å². The summed E-state index contributed by atoms with van der Waals surface area (Å²) in [5.41, 5.74) is 17.7. The second kappa shape index (κ2) is 6.76. The van der Waals surface area contributed by atoms with Crippen molar-refractivity contribution in [3.05, 3.63) is 54.5 Å². The predicted molar refractivity (Wildman–Crippen MR) is 102 cm³/mol. The number of nitrogens with one attached hydrogen (secondary N) is 2. The summed E-state index contributed by atoms with van der Waals surface area (Å²) in [6.45, 7) is 4.04. The number of hydrogen-bond donors (Lipinski definition) is 3. The number of rotatable bonds is 5. The normalized spacial score (nSPS) is 11.9. The summed E-state index contributed by atoms with van der Waals surface area (Å²) in [5, 5.41) is 7.92. The summed E-state index contributed by atoms with van der Waals surface area (Å²) in [4.78, 5) is 4.30. The molecule has 2 aromatic heterocycles. The van der Waals surface area contributed by atoms with E-state index in [1.807, 2.05) is 33.2 Å². The molecule has 25 heavy (non-hydrogen) atoms. The summed E-state index contributed by atoms with van der Waals surface area (Å²) in [7, 11) is 2.03. The highest BCUT2D eigenvalue weighted by molar-refractivity contribution is 5.86. The van der Waals surface area contributed by atoms with Gasteiger partial charge in [-0.2, -0.15) is 5.11 Å². The van der Waals surface area contributed by atoms with Crippen LogP contribution in [0.25, 0.3) is 27.7 Å². The van der Waals surface area contributed by atoms with Crippen molar-refractivity contribution in [3.8, 4) is 11.1 Å². The Bertz CT molecular complexity index is 952. The van der Waals surface area contributed by atoms with Crippen LogP contribution in [0.2, 0.25) is 0 Å². The van der Waals surface area contributed by atoms with Crippen molar-refractivity contribution in [2.75, 3.05) is 5.73 Å². The fourth-order valence-electron chi connectivity index (χ4n) is 2.72. The minimum atomic E-state index is 0.245. The van der Waals surface area contributed by atoms with Crippen molar-refractivity contribution in [2.24, 2.45) is 12.2 Å². The van der Waals surface area contributed by atoms with Crippen LogP contribution in [0, 0.1) is 5.53 Å². The number of anilines is 1. The number of aryl methyl sites for hydroxylation is 1. The molecule has 0 saturated heterocycles. The minimum Gasteiger partial charge on any atom is -0.387 e. The van der Waals surface area contributed by atoms with Crippen LogP contribution in [0.15, 0.2) is 54.0 Å². The number of nitrogens with zero attached hydrogens (tertiary/aromatic N) is 3. The lowest BCUT2D eigenvalue weighted by atomic mass is 10.0. The van der Waals surface area contributed by atoms with Crippen molar-refractivity contribution in [1.29, 1.82) is 5.53 Å². The Hall–Kier alpha value is -3.15. The number of nitrogens with two attached hydrogens (primary N) is 1. The van der Waals surface area contributed by atoms with E-state index in [9.17, 15) is 0 Å². The highest BCUT2D eigenvalue weighted by Crippen LogP contribution is 2.29. The standard InChI is InChI=1S/C19H22N6/c1-12(2)22-11-17(24-21)16-9-15(10-23-19(16)20)13-4-5-18-14(8-13)6-7-25(18)3/h4-12,21-22H,1-3H3,(H2,20,23)/b17-11-,24-21?. The van der Waals surface area contributed by atoms with Crippen molar-refractivity contribution in [3.63, 3.8) is 0 Å². The first-order valence-corrected chi connectivity index (χ1v) is 8.14. The number of fused-ring (bicyclic) bond motifs is 1. The van der Waals surface area contributed by atoms with Gasteiger partial charge in [0.15, 0.2) is 0 Å². The van der Waals surface area contributed by atoms with E-state index in [0.717, 1.165) is 11.1 Å². The third-order valence-corrected chi connectivity index (χ3v) is 4.09. The maximum atomic E-state index is 7.45. The molecule has 0 aliphatic carbocycles. The van der Waals surface area contributed by atoms with E-state index >= 15 is 0 Å². The third-order valence-electron chi connectivity index (χ3n) is 4.09. The van der Waals surface area contributed by atoms with E-state index in [-0.39, 0.29) is 6.04 Å². The summed E-state index contributed by atoms with van der Waals surface area (Å²) < 4.78 is 2.09. The van der Waals surface area contributed by atoms with Gasteiger partial charge in [-0.25, -0.2) is 10.5 Å². The molecule has 0 radical (unpaired) electrons. The quantitative estimate of drug-likeness (QED) is 0.612. The van der Waals surface area contributed by atoms with Crippen LogP contribution in [0.3, 0.4) is 0 Å². The van der Waals surface area contributed by atoms with E-state index in [4.69, 9.17) is 11.3 Å². The molecule has 0 fully saturated rings. The molecule has 0 aliphatic heterocycles. The number of hydrogen-bond acceptors (Lipinski definition) is 5. The molecule has 0 aliphatic rings. The molecular formula is C19H22N6. The van der Waals surface area contributed by atoms with Gasteiger partial charge in [0.25, 0.3) is 0 Å². The largest absolute Gasteiger partial charge is 0.387 e. The van der Waals surface area contributed by atoms with Crippen LogP contribution >= 0.6 is 0 Å². The monoisotopic (exact) mass is 334 g/mol. The molecule has 0 amide bonds. The summed E-state index contributed by atoms with van der Waals surface area (Å²) in [5.74, 6) is 0.359. The topological polar surface area (TPSA) is 92.1 Å². The van der Waals surface area contributed by atoms with Gasteiger partial charge in [-0.15, -0.1) is 0 Å². The summed E-state index contributed by atoms with van der Waals surface area (Å²) in [6, 6.07) is 10.5. The third kappa shape index (κ3) is 3.38. The van der Waals surface area contributed by atoms with Gasteiger partial charge in [-0.05, 0) is 43.7 Å². The summed E-state index contributed by atoms with van der Waals surface area (Å²) >= 11 is 0. The zero-order valence-electron chi connectivity index (χ0n) is 14.6. The van der Waals surface area contributed by atoms with Crippen molar-refractivity contribution in [2.45, 2.75) is 19.9 Å². The minimum absolute atomic E-state index is 0.245. The molecule has 3 aromatic rings. The van der Waals surface area contributed by atoms with Crippen LogP contribution in [0.5, 0.6) is 0 Å². The Morgan fingerprint density at radius 1 is 1.28 bits per heavy atom. The molecule has 2 heterocycles. The molecule has 0 bridgehead atoms. The smallest absolute Gasteiger partial charge is 0.132 e. The Balaban J connectivity index is 2.05. The molecule has 0 spiro atoms. The fourth-order valence-corrected chi connectivity index (χ4v) is 2.72. The zero-order chi connectivity index (χ0) is 18.0. The van der Waals surface area contributed by atoms with E-state index in [0.29, 0.717) is 17.1 Å². The fraction of sp³-hybridized carbons (Fsp3) is 0.211. The Kier molecular flexibility index (Phi) is 4.52. The molecule has 128 valence electrons. The van der Waals surface area contributed by atoms with Gasteiger partial charge in [0, 0.05) is 53.7 Å². The van der Waals surface area contributed by atoms with Crippen molar-refractivity contribution >= 4 is 22.4 Å². The highest BCUT2D eigenvalue weighted by atomic mass is 15.0. The van der Waals surface area contributed by atoms with E-state index in [1.54, 1.807) is 12.4 Å². The van der Waals surface area contributed by atoms with Crippen molar-refractivity contribution in [1.82, 2.24) is 14.9 Å². The average Bonchev–Trinajstić information content (AvgIpc) is 2.97. The molecule has 0 saturated carbocycles. The number of pyridine rings is 1. The molecule has 6 nitrogen and oxygen atoms in total. The second-order valence-electron chi connectivity index (χ2n) is 6.32. The molecule has 0 atom stereocenters. The maximum Gasteiger partial charge on any atom is 0.132 e. The lowest BCUT2D eigenvalue weighted by Gasteiger charge is -2.10. The Labute approximate surface area is 146 Å². The highest BCUT2D eigenvalue weighted by Gasteiger charge is 2.10. The lowest BCUT2D eigenvalue weighted by molar-refractivity contribution is 0.702. The lowest BCUT2D eigenvalue weighted by Crippen LogP contribution is -2.16. The first-order chi connectivity index (χ1) is 12.0. The molecule has 1 aromatic carbocycles. The van der Waals surface area contributed by atoms with Crippen LogP contribution in [-0.2, 0) is 7.05 Å². The van der Waals surface area contributed by atoms with Gasteiger partial charge in [-0.1, -0.05) is 6.07 Å². The van der Waals surface area contributed by atoms with E-state index < -0.39 is 0 Å². The van der Waals surface area contributed by atoms with Gasteiger partial charge >= 0.3 is 0 Å². The van der Waals surface area contributed by atoms with Gasteiger partial charge < -0.3 is 15.6 Å². The van der Waals surface area contributed by atoms with Crippen LogP contribution in [-0.4, -0.2) is 15.6 Å².